The van der Waals surface area contributed by atoms with Crippen LogP contribution in [-0.4, -0.2) is 28.9 Å². The molecule has 6 heteroatoms. The number of carbonyl (C=O) groups excluding carboxylic acids is 1. The molecule has 0 saturated heterocycles. The Labute approximate surface area is 110 Å². The highest BCUT2D eigenvalue weighted by molar-refractivity contribution is 7.80. The van der Waals surface area contributed by atoms with Crippen LogP contribution in [0.3, 0.4) is 0 Å². The van der Waals surface area contributed by atoms with Crippen molar-refractivity contribution in [1.29, 1.82) is 0 Å². The summed E-state index contributed by atoms with van der Waals surface area (Å²) in [4.78, 5) is 13.6. The van der Waals surface area contributed by atoms with E-state index in [-0.39, 0.29) is 16.6 Å². The highest BCUT2D eigenvalue weighted by Crippen LogP contribution is 2.14. The second kappa shape index (κ2) is 5.86. The molecule has 3 nitrogen and oxygen atoms in total. The van der Waals surface area contributed by atoms with Crippen molar-refractivity contribution >= 4 is 23.1 Å². The Morgan fingerprint density at radius 1 is 1.50 bits per heavy atom. The van der Waals surface area contributed by atoms with Crippen LogP contribution < -0.4 is 5.73 Å². The third kappa shape index (κ3) is 3.46. The number of nitrogens with zero attached hydrogens (tertiary/aromatic N) is 1. The lowest BCUT2D eigenvalue weighted by molar-refractivity contribution is 0.0743. The fourth-order valence-corrected chi connectivity index (χ4v) is 1.72. The summed E-state index contributed by atoms with van der Waals surface area (Å²) >= 11 is 4.75. The molecule has 1 aromatic carbocycles. The van der Waals surface area contributed by atoms with Gasteiger partial charge in [-0.25, -0.2) is 8.78 Å². The molecule has 1 aromatic rings. The number of rotatable bonds is 4. The van der Waals surface area contributed by atoms with Crippen molar-refractivity contribution in [2.75, 3.05) is 7.05 Å². The van der Waals surface area contributed by atoms with Gasteiger partial charge in [0, 0.05) is 25.6 Å². The first-order valence-electron chi connectivity index (χ1n) is 5.33. The normalized spacial score (nSPS) is 12.0. The Kier molecular flexibility index (Phi) is 4.72. The number of amides is 1. The van der Waals surface area contributed by atoms with Crippen molar-refractivity contribution < 1.29 is 13.6 Å². The van der Waals surface area contributed by atoms with Crippen LogP contribution in [-0.2, 0) is 0 Å². The highest BCUT2D eigenvalue weighted by atomic mass is 32.1. The topological polar surface area (TPSA) is 46.3 Å². The van der Waals surface area contributed by atoms with Crippen molar-refractivity contribution in [1.82, 2.24) is 4.90 Å². The molecule has 2 N–H and O–H groups in total. The van der Waals surface area contributed by atoms with Gasteiger partial charge in [-0.3, -0.25) is 4.79 Å². The Balaban J connectivity index is 2.89. The molecule has 98 valence electrons. The monoisotopic (exact) mass is 272 g/mol. The molecule has 0 spiro atoms. The van der Waals surface area contributed by atoms with Crippen LogP contribution in [0.15, 0.2) is 18.2 Å². The molecule has 0 heterocycles. The minimum atomic E-state index is -0.880. The first-order valence-corrected chi connectivity index (χ1v) is 5.74. The Hall–Kier alpha value is -1.56. The molecule has 18 heavy (non-hydrogen) atoms. The standard InChI is InChI=1S/C12H14F2N2OS/c1-7(5-11(15)18)16(2)12(17)9-4-3-8(13)6-10(9)14/h3-4,6-7H,5H2,1-2H3,(H2,15,18). The van der Waals surface area contributed by atoms with Gasteiger partial charge in [-0.05, 0) is 19.1 Å². The molecule has 0 saturated carbocycles. The minimum absolute atomic E-state index is 0.173. The molecule has 0 radical (unpaired) electrons. The Morgan fingerprint density at radius 2 is 2.11 bits per heavy atom. The Morgan fingerprint density at radius 3 is 2.61 bits per heavy atom. The van der Waals surface area contributed by atoms with Crippen LogP contribution in [0.2, 0.25) is 0 Å². The lowest BCUT2D eigenvalue weighted by atomic mass is 10.1. The Bertz CT molecular complexity index is 479. The van der Waals surface area contributed by atoms with Gasteiger partial charge in [0.05, 0.1) is 10.6 Å². The number of hydrogen-bond donors (Lipinski definition) is 1. The van der Waals surface area contributed by atoms with Crippen LogP contribution in [0.1, 0.15) is 23.7 Å². The lowest BCUT2D eigenvalue weighted by Crippen LogP contribution is -2.37. The molecule has 0 aliphatic carbocycles. The molecule has 1 unspecified atom stereocenters. The van der Waals surface area contributed by atoms with Crippen LogP contribution in [0.25, 0.3) is 0 Å². The molecule has 0 aliphatic rings. The number of halogens is 2. The zero-order chi connectivity index (χ0) is 13.9. The SMILES string of the molecule is CC(CC(N)=S)N(C)C(=O)c1ccc(F)cc1F. The summed E-state index contributed by atoms with van der Waals surface area (Å²) in [5.41, 5.74) is 5.22. The molecule has 1 rings (SSSR count). The molecule has 0 bridgehead atoms. The summed E-state index contributed by atoms with van der Waals surface area (Å²) < 4.78 is 26.2. The number of carbonyl (C=O) groups is 1. The van der Waals surface area contributed by atoms with Crippen LogP contribution in [0.5, 0.6) is 0 Å². The van der Waals surface area contributed by atoms with E-state index in [1.165, 1.54) is 11.9 Å². The third-order valence-corrected chi connectivity index (χ3v) is 2.81. The van der Waals surface area contributed by atoms with Crippen LogP contribution >= 0.6 is 12.2 Å². The minimum Gasteiger partial charge on any atom is -0.393 e. The molecule has 1 amide bonds. The third-order valence-electron chi connectivity index (χ3n) is 2.64. The summed E-state index contributed by atoms with van der Waals surface area (Å²) in [6.45, 7) is 1.75. The maximum absolute atomic E-state index is 13.4. The number of hydrogen-bond acceptors (Lipinski definition) is 2. The smallest absolute Gasteiger partial charge is 0.256 e. The van der Waals surface area contributed by atoms with E-state index in [0.29, 0.717) is 12.5 Å². The fourth-order valence-electron chi connectivity index (χ4n) is 1.48. The fraction of sp³-hybridized carbons (Fsp3) is 0.333. The predicted octanol–water partition coefficient (Wildman–Crippen LogP) is 2.10. The van der Waals surface area contributed by atoms with E-state index >= 15 is 0 Å². The molecule has 1 atom stereocenters. The predicted molar refractivity (Wildman–Crippen MR) is 69.3 cm³/mol. The average molecular weight is 272 g/mol. The number of thiocarbonyl (C=S) groups is 1. The van der Waals surface area contributed by atoms with E-state index in [1.54, 1.807) is 6.92 Å². The van der Waals surface area contributed by atoms with Gasteiger partial charge in [-0.2, -0.15) is 0 Å². The van der Waals surface area contributed by atoms with Crippen molar-refractivity contribution in [3.05, 3.63) is 35.4 Å². The van der Waals surface area contributed by atoms with Crippen molar-refractivity contribution in [3.63, 3.8) is 0 Å². The van der Waals surface area contributed by atoms with Crippen molar-refractivity contribution in [2.45, 2.75) is 19.4 Å². The van der Waals surface area contributed by atoms with E-state index < -0.39 is 17.5 Å². The second-order valence-corrected chi connectivity index (χ2v) is 4.58. The van der Waals surface area contributed by atoms with E-state index in [4.69, 9.17) is 18.0 Å². The number of benzene rings is 1. The van der Waals surface area contributed by atoms with Gasteiger partial charge in [-0.15, -0.1) is 0 Å². The van der Waals surface area contributed by atoms with Crippen molar-refractivity contribution in [2.24, 2.45) is 5.73 Å². The maximum Gasteiger partial charge on any atom is 0.256 e. The van der Waals surface area contributed by atoms with Gasteiger partial charge < -0.3 is 10.6 Å². The van der Waals surface area contributed by atoms with Crippen LogP contribution in [0, 0.1) is 11.6 Å². The maximum atomic E-state index is 13.4. The summed E-state index contributed by atoms with van der Waals surface area (Å²) in [7, 11) is 1.52. The largest absolute Gasteiger partial charge is 0.393 e. The summed E-state index contributed by atoms with van der Waals surface area (Å²) in [5.74, 6) is -2.13. The molecular weight excluding hydrogens is 258 g/mol. The lowest BCUT2D eigenvalue weighted by Gasteiger charge is -2.24. The van der Waals surface area contributed by atoms with E-state index in [2.05, 4.69) is 0 Å². The van der Waals surface area contributed by atoms with E-state index in [9.17, 15) is 13.6 Å². The molecular formula is C12H14F2N2OS. The van der Waals surface area contributed by atoms with Gasteiger partial charge in [0.15, 0.2) is 0 Å². The van der Waals surface area contributed by atoms with Gasteiger partial charge >= 0.3 is 0 Å². The van der Waals surface area contributed by atoms with Gasteiger partial charge in [-0.1, -0.05) is 12.2 Å². The second-order valence-electron chi connectivity index (χ2n) is 4.06. The first-order chi connectivity index (χ1) is 8.32. The zero-order valence-electron chi connectivity index (χ0n) is 10.1. The van der Waals surface area contributed by atoms with Gasteiger partial charge in [0.1, 0.15) is 11.6 Å². The van der Waals surface area contributed by atoms with Crippen molar-refractivity contribution in [3.8, 4) is 0 Å². The highest BCUT2D eigenvalue weighted by Gasteiger charge is 2.21. The average Bonchev–Trinajstić information content (AvgIpc) is 2.26. The van der Waals surface area contributed by atoms with Crippen LogP contribution in [0.4, 0.5) is 8.78 Å². The summed E-state index contributed by atoms with van der Waals surface area (Å²) in [5, 5.41) is 0. The van der Waals surface area contributed by atoms with Gasteiger partial charge in [0.25, 0.3) is 5.91 Å². The quantitative estimate of drug-likeness (QED) is 0.854. The van der Waals surface area contributed by atoms with E-state index in [1.807, 2.05) is 0 Å². The summed E-state index contributed by atoms with van der Waals surface area (Å²) in [6.07, 6.45) is 0.348. The zero-order valence-corrected chi connectivity index (χ0v) is 10.9. The summed E-state index contributed by atoms with van der Waals surface area (Å²) in [6, 6.07) is 2.60. The first kappa shape index (κ1) is 14.5. The van der Waals surface area contributed by atoms with Gasteiger partial charge in [0.2, 0.25) is 0 Å². The molecule has 0 fully saturated rings. The molecule has 0 aliphatic heterocycles. The number of nitrogens with two attached hydrogens (primary N) is 1. The molecule has 0 aromatic heterocycles. The van der Waals surface area contributed by atoms with E-state index in [0.717, 1.165) is 12.1 Å².